The number of hydrogen-bond acceptors (Lipinski definition) is 2. The fourth-order valence-corrected chi connectivity index (χ4v) is 7.14. The topological polar surface area (TPSA) is 1750 Å². The summed E-state index contributed by atoms with van der Waals surface area (Å²) in [6, 6.07) is 12.7. The summed E-state index contributed by atoms with van der Waals surface area (Å²) in [5.74, 6) is 2.62. The van der Waals surface area contributed by atoms with Crippen molar-refractivity contribution in [2.24, 2.45) is 0 Å². The fourth-order valence-electron chi connectivity index (χ4n) is 4.08. The van der Waals surface area contributed by atoms with Crippen LogP contribution >= 0.6 is 22.6 Å². The van der Waals surface area contributed by atoms with Gasteiger partial charge in [0.25, 0.3) is 0 Å². The van der Waals surface area contributed by atoms with Crippen molar-refractivity contribution in [3.8, 4) is 25.2 Å². The summed E-state index contributed by atoms with van der Waals surface area (Å²) in [5.41, 5.74) is 12.9. The van der Waals surface area contributed by atoms with Crippen molar-refractivity contribution in [3.63, 3.8) is 0 Å². The van der Waals surface area contributed by atoms with Crippen LogP contribution in [0.5, 0.6) is 0 Å². The smallest absolute Gasteiger partial charge is 0.124 e. The number of nitrogens with zero attached hydrogens (tertiary/aromatic N) is 4. The van der Waals surface area contributed by atoms with E-state index in [1.54, 1.807) is 58.3 Å². The molecule has 0 aliphatic heterocycles. The van der Waals surface area contributed by atoms with Crippen LogP contribution in [0.25, 0.3) is 9.93 Å². The Balaban J connectivity index is -0.00000000230. The van der Waals surface area contributed by atoms with E-state index in [4.69, 9.17) is 7.79 Å². The Morgan fingerprint density at radius 1 is 0.297 bits per heavy atom. The van der Waals surface area contributed by atoms with Crippen molar-refractivity contribution in [1.29, 1.82) is 0 Å². The van der Waals surface area contributed by atoms with E-state index in [-0.39, 0.29) is 656 Å². The first-order valence-corrected chi connectivity index (χ1v) is 16.2. The van der Waals surface area contributed by atoms with Gasteiger partial charge in [0.15, 0.2) is 0 Å². The zero-order valence-electron chi connectivity index (χ0n) is 59.6. The average molecular weight is 3360 g/mol. The Hall–Kier alpha value is 7.89. The van der Waals surface area contributed by atoms with Gasteiger partial charge in [0.1, 0.15) is 1.37 Å². The summed E-state index contributed by atoms with van der Waals surface area (Å²) >= 11 is 7.60. The fraction of sp³-hybridized carbons (Fsp3) is 0.312. The monoisotopic (exact) mass is 3400 g/mol. The Morgan fingerprint density at radius 2 is 0.405 bits per heavy atom. The van der Waals surface area contributed by atoms with E-state index in [2.05, 4.69) is 116 Å². The molecule has 3 aromatic carbocycles. The Labute approximate surface area is 933 Å². The van der Waals surface area contributed by atoms with Crippen LogP contribution in [0.3, 0.4) is 0 Å². The minimum atomic E-state index is 0. The largest absolute Gasteiger partial charge is 0.412 e. The molecule has 59 nitrogen and oxygen atoms in total. The van der Waals surface area contributed by atoms with Crippen molar-refractivity contribution < 1.29 is 709 Å². The molecular weight excluding hydrogens is 3210 g/mol. The van der Waals surface area contributed by atoms with E-state index in [0.717, 1.165) is 46.8 Å². The maximum Gasteiger partial charge on any atom is 0.124 e. The molecule has 0 amide bonds. The second-order valence-electron chi connectivity index (χ2n) is 8.87. The van der Waals surface area contributed by atoms with Gasteiger partial charge in [-0.2, -0.15) is 0 Å². The summed E-state index contributed by atoms with van der Waals surface area (Å²) < 4.78 is 19.7. The minimum Gasteiger partial charge on any atom is -0.412 e. The third-order valence-corrected chi connectivity index (χ3v) is 7.96. The zero-order valence-corrected chi connectivity index (χ0v) is 97.6. The van der Waals surface area contributed by atoms with Crippen LogP contribution in [-0.2, 0) is 374 Å². The molecule has 0 aromatic heterocycles. The van der Waals surface area contributed by atoms with Gasteiger partial charge in [0, 0.05) is 354 Å². The molecular formula is C32H148ArIMo18N5O54+3. The van der Waals surface area contributed by atoms with Crippen LogP contribution in [0.1, 0.15) is 54.2 Å². The van der Waals surface area contributed by atoms with Gasteiger partial charge in [0.2, 0.25) is 0 Å². The quantitative estimate of drug-likeness (QED) is 0.152. The SMILES string of the molecule is C#Cc1cc(C)c([N+]#[Mo])c(C)c1.CCN(CC)c1cc(C)c([N+]#[Mo])c(C)c1.Cc1cc(I)cc(C)c1[N+]#[Mo].N.O.O.O.O.O.O.O.O.O.O.O.O.O.O.O.O.O.O.O.O.O.O.O.O.O.O.O.O.O.O.O.O.O.O.O.O.O.O.O.O.O.O.O.O.O.O.O.O.O.O.O.O.O.O.[2H]C#C.[Ar].[Mo].[Mo].[Mo].[Mo].[Mo].[Mo].[Mo].[Mo].[Mo].[Mo].[Mo].[Mo].[Mo].[Mo].[Mo]. The first-order valence-electron chi connectivity index (χ1n) is 13.0. The molecule has 0 aliphatic carbocycles. The molecule has 745 valence electrons. The number of halogens is 1. The van der Waals surface area contributed by atoms with Crippen LogP contribution < -0.4 is 11.1 Å². The zero-order chi connectivity index (χ0) is 31.7. The predicted molar refractivity (Wildman–Crippen MR) is 371 cm³/mol. The van der Waals surface area contributed by atoms with E-state index >= 15 is 0 Å². The van der Waals surface area contributed by atoms with E-state index in [1.807, 2.05) is 26.0 Å². The van der Waals surface area contributed by atoms with Crippen LogP contribution in [-0.4, -0.2) is 309 Å². The molecule has 0 saturated carbocycles. The number of hydrogen-bond donors (Lipinski definition) is 1. The van der Waals surface area contributed by atoms with Crippen LogP contribution in [0.2, 0.25) is 0 Å². The molecule has 0 unspecified atom stereocenters. The minimum absolute atomic E-state index is 0. The van der Waals surface area contributed by atoms with Gasteiger partial charge in [-0.1, -0.05) is 0 Å². The first kappa shape index (κ1) is 720. The molecule has 0 aliphatic rings. The van der Waals surface area contributed by atoms with Gasteiger partial charge in [0.05, 0.1) is 0 Å². The molecule has 0 fully saturated rings. The second kappa shape index (κ2) is 464. The number of aryl methyl sites for hydroxylation is 6. The Morgan fingerprint density at radius 3 is 0.505 bits per heavy atom. The van der Waals surface area contributed by atoms with E-state index in [0.29, 0.717) is 0 Å². The third-order valence-electron chi connectivity index (χ3n) is 5.99. The molecule has 79 heteroatoms. The first-order chi connectivity index (χ1) is 19.4. The van der Waals surface area contributed by atoms with Gasteiger partial charge in [-0.25, -0.2) is 0 Å². The van der Waals surface area contributed by atoms with E-state index in [1.165, 1.54) is 37.9 Å². The Bertz CT molecular complexity index is 1650. The summed E-state index contributed by atoms with van der Waals surface area (Å²) in [6.07, 6.45) is 11.1. The maximum atomic E-state index is 5.74. The normalized spacial score (nSPS) is 3.26. The van der Waals surface area contributed by atoms with Crippen molar-refractivity contribution in [2.75, 3.05) is 18.0 Å². The molecule has 111 heavy (non-hydrogen) atoms. The molecule has 3 aromatic rings. The van der Waals surface area contributed by atoms with Gasteiger partial charge in [-0.3, -0.25) is 0 Å². The molecule has 0 bridgehead atoms. The molecule has 0 atom stereocenters. The third kappa shape index (κ3) is 306. The van der Waals surface area contributed by atoms with Crippen LogP contribution in [0.4, 0.5) is 22.7 Å². The summed E-state index contributed by atoms with van der Waals surface area (Å²) in [5, 5.41) is 0. The van der Waals surface area contributed by atoms with Gasteiger partial charge in [-0.15, -0.1) is 12.8 Å². The molecule has 3 rings (SSSR count). The number of anilines is 1. The van der Waals surface area contributed by atoms with Gasteiger partial charge >= 0.3 is 278 Å². The van der Waals surface area contributed by atoms with Crippen molar-refractivity contribution in [3.05, 3.63) is 88.8 Å². The number of benzene rings is 3. The van der Waals surface area contributed by atoms with E-state index in [9.17, 15) is 0 Å². The second-order valence-corrected chi connectivity index (χ2v) is 11.5. The number of terminal acetylenes is 2. The van der Waals surface area contributed by atoms with Gasteiger partial charge in [-0.05, 0) is 0 Å². The standard InChI is InChI=1S/C12H18N2.C10H9N.C8H8IN.C2H2.Ar.18Mo.H3N.54H2O/c1-5-14(6-2)11-7-9(3)12(13)10(4)8-11;1-4-9-5-7(2)10(11)8(3)6-9;1-5-3-7(9)4-6(2)8(5)10;1-2;;;;;;;;;;;;;;;;;;;;;;;;;;;;;;;;;;;;;;;;;;;;;;;;;;;;;;;;;;;;;;;;;;;;;;;;;;/h7-8H,5-6H2,1-4H3;1,5-6H,2-3H3;3-4H,1-2H3;1-2H;;;;;;;;;;;;;;;;;;;;1H3;54*1H2/q3*+1;;;;;;;;;;;;;;;;;;;;;;;;;;;;;;;;;;;;;;;;;;;;;;;;;;;;;;;;;;;;;;;;;;;;;;;;;;;/i;;;1D;;;;;;;;;;;;;;;;;;;;;;;;;;;;;;;;;;;;;;;;;;;;;;;;;;;;;;;;;;;;;;;;;;;;;;;;;;. The van der Waals surface area contributed by atoms with Gasteiger partial charge < -0.3 is 302 Å². The predicted octanol–water partition coefficient (Wildman–Crippen LogP) is -34.4. The van der Waals surface area contributed by atoms with Crippen molar-refractivity contribution >= 4 is 45.3 Å². The molecule has 0 radical (unpaired) electrons. The van der Waals surface area contributed by atoms with Crippen molar-refractivity contribution in [2.45, 2.75) is 55.4 Å². The summed E-state index contributed by atoms with van der Waals surface area (Å²) in [6.45, 7) is 19.0. The van der Waals surface area contributed by atoms with Crippen LogP contribution in [0.15, 0.2) is 36.4 Å². The summed E-state index contributed by atoms with van der Waals surface area (Å²) in [4.78, 5) is 2.36. The maximum absolute atomic E-state index is 5.74. The van der Waals surface area contributed by atoms with Crippen LogP contribution in [0, 0.1) is 108 Å². The number of rotatable bonds is 3. The molecule has 111 N–H and O–H groups in total. The van der Waals surface area contributed by atoms with Crippen molar-refractivity contribution in [1.82, 2.24) is 6.15 Å². The molecule has 0 heterocycles. The summed E-state index contributed by atoms with van der Waals surface area (Å²) in [7, 11) is 0. The molecule has 0 spiro atoms. The Kier molecular flexibility index (Phi) is 3010. The molecule has 0 saturated heterocycles. The van der Waals surface area contributed by atoms with E-state index < -0.39 is 0 Å². The average Bonchev–Trinajstić information content (AvgIpc) is 2.90.